The van der Waals surface area contributed by atoms with Crippen molar-refractivity contribution in [2.24, 2.45) is 5.73 Å². The molecule has 10 rings (SSSR count). The Bertz CT molecular complexity index is 2830. The van der Waals surface area contributed by atoms with Crippen LogP contribution in [0.15, 0.2) is 173 Å². The Labute approximate surface area is 382 Å². The lowest BCUT2D eigenvalue weighted by Crippen LogP contribution is -2.25. The molecule has 2 N–H and O–H groups in total. The van der Waals surface area contributed by atoms with E-state index in [-0.39, 0.29) is 6.04 Å². The Hall–Kier alpha value is -5.74. The molecule has 0 spiro atoms. The first-order chi connectivity index (χ1) is 30.8. The number of furan rings is 1. The maximum atomic E-state index is 6.33. The van der Waals surface area contributed by atoms with Crippen LogP contribution in [0.4, 0.5) is 0 Å². The second kappa shape index (κ2) is 24.2. The van der Waals surface area contributed by atoms with E-state index < -0.39 is 0 Å². The summed E-state index contributed by atoms with van der Waals surface area (Å²) in [4.78, 5) is 0. The molecule has 1 atom stereocenters. The first kappa shape index (κ1) is 48.3. The van der Waals surface area contributed by atoms with E-state index in [2.05, 4.69) is 179 Å². The molecule has 1 unspecified atom stereocenters. The first-order valence-corrected chi connectivity index (χ1v) is 24.1. The zero-order valence-electron chi connectivity index (χ0n) is 39.5. The number of thiophene rings is 1. The smallest absolute Gasteiger partial charge is 0.143 e. The van der Waals surface area contributed by atoms with Crippen LogP contribution in [0.3, 0.4) is 0 Å². The summed E-state index contributed by atoms with van der Waals surface area (Å²) in [6.45, 7) is 20.7. The normalized spacial score (nSPS) is 13.3. The SMILES string of the molecule is CC.CC.CC.CC1=C(c2ccccc2C)CCC=C1.Cc1ccc2oc3c(-c4ccc5sc6ccccc6c5c4)cc(C)cc3c2c1.NC(Cc1ccccc1)C1=CC=CCC1. The largest absolute Gasteiger partial charge is 0.455 e. The van der Waals surface area contributed by atoms with Gasteiger partial charge in [0.2, 0.25) is 0 Å². The van der Waals surface area contributed by atoms with E-state index in [0.29, 0.717) is 0 Å². The number of nitrogens with two attached hydrogens (primary N) is 1. The van der Waals surface area contributed by atoms with Gasteiger partial charge >= 0.3 is 0 Å². The average molecular weight is 852 g/mol. The minimum absolute atomic E-state index is 0.178. The minimum Gasteiger partial charge on any atom is -0.455 e. The van der Waals surface area contributed by atoms with E-state index in [0.717, 1.165) is 30.4 Å². The third kappa shape index (κ3) is 12.0. The van der Waals surface area contributed by atoms with Gasteiger partial charge in [0, 0.05) is 42.6 Å². The maximum absolute atomic E-state index is 6.33. The van der Waals surface area contributed by atoms with Crippen LogP contribution in [0, 0.1) is 20.8 Å². The number of fused-ring (bicyclic) bond motifs is 6. The van der Waals surface area contributed by atoms with Gasteiger partial charge in [-0.1, -0.05) is 168 Å². The molecule has 2 aliphatic rings. The van der Waals surface area contributed by atoms with Gasteiger partial charge in [-0.2, -0.15) is 0 Å². The van der Waals surface area contributed by atoms with Crippen LogP contribution < -0.4 is 5.73 Å². The van der Waals surface area contributed by atoms with Crippen molar-refractivity contribution in [2.45, 2.75) is 107 Å². The van der Waals surface area contributed by atoms with E-state index in [9.17, 15) is 0 Å². The molecule has 326 valence electrons. The summed E-state index contributed by atoms with van der Waals surface area (Å²) in [5, 5.41) is 5.04. The molecular weight excluding hydrogens is 783 g/mol. The molecule has 8 aromatic rings. The average Bonchev–Trinajstić information content (AvgIpc) is 3.90. The lowest BCUT2D eigenvalue weighted by atomic mass is 9.90. The topological polar surface area (TPSA) is 39.2 Å². The van der Waals surface area contributed by atoms with Crippen molar-refractivity contribution in [2.75, 3.05) is 0 Å². The van der Waals surface area contributed by atoms with Gasteiger partial charge in [0.1, 0.15) is 11.2 Å². The van der Waals surface area contributed by atoms with Crippen LogP contribution in [-0.4, -0.2) is 6.04 Å². The molecule has 63 heavy (non-hydrogen) atoms. The Balaban J connectivity index is 0.000000182. The second-order valence-corrected chi connectivity index (χ2v) is 16.6. The van der Waals surface area contributed by atoms with Crippen LogP contribution in [0.2, 0.25) is 0 Å². The molecule has 0 saturated heterocycles. The number of allylic oxidation sites excluding steroid dienone is 7. The summed E-state index contributed by atoms with van der Waals surface area (Å²) in [6, 6.07) is 45.6. The highest BCUT2D eigenvalue weighted by molar-refractivity contribution is 7.25. The Kier molecular flexibility index (Phi) is 18.5. The number of aryl methyl sites for hydroxylation is 3. The third-order valence-corrected chi connectivity index (χ3v) is 12.4. The van der Waals surface area contributed by atoms with Crippen LogP contribution in [-0.2, 0) is 6.42 Å². The molecule has 2 aliphatic carbocycles. The number of rotatable bonds is 5. The van der Waals surface area contributed by atoms with Crippen molar-refractivity contribution in [3.05, 3.63) is 197 Å². The Morgan fingerprint density at radius 1 is 0.587 bits per heavy atom. The third-order valence-electron chi connectivity index (χ3n) is 11.3. The van der Waals surface area contributed by atoms with Crippen LogP contribution in [0.1, 0.15) is 102 Å². The van der Waals surface area contributed by atoms with E-state index in [1.807, 2.05) is 58.9 Å². The van der Waals surface area contributed by atoms with Gasteiger partial charge in [0.15, 0.2) is 0 Å². The molecule has 0 amide bonds. The van der Waals surface area contributed by atoms with Gasteiger partial charge in [-0.05, 0) is 141 Å². The summed E-state index contributed by atoms with van der Waals surface area (Å²) >= 11 is 1.85. The first-order valence-electron chi connectivity index (χ1n) is 23.2. The molecule has 0 fully saturated rings. The van der Waals surface area contributed by atoms with Crippen molar-refractivity contribution < 1.29 is 4.42 Å². The van der Waals surface area contributed by atoms with E-state index in [4.69, 9.17) is 10.2 Å². The fourth-order valence-electron chi connectivity index (χ4n) is 8.22. The van der Waals surface area contributed by atoms with Crippen molar-refractivity contribution in [3.63, 3.8) is 0 Å². The van der Waals surface area contributed by atoms with Gasteiger partial charge in [-0.25, -0.2) is 0 Å². The van der Waals surface area contributed by atoms with Crippen molar-refractivity contribution in [3.8, 4) is 11.1 Å². The monoisotopic (exact) mass is 852 g/mol. The second-order valence-electron chi connectivity index (χ2n) is 15.5. The molecule has 6 aromatic carbocycles. The highest BCUT2D eigenvalue weighted by Gasteiger charge is 2.16. The summed E-state index contributed by atoms with van der Waals surface area (Å²) in [5.74, 6) is 0. The van der Waals surface area contributed by atoms with Gasteiger partial charge in [0.05, 0.1) is 0 Å². The summed E-state index contributed by atoms with van der Waals surface area (Å²) in [7, 11) is 0. The van der Waals surface area contributed by atoms with Gasteiger partial charge in [0.25, 0.3) is 0 Å². The Morgan fingerprint density at radius 2 is 1.27 bits per heavy atom. The summed E-state index contributed by atoms with van der Waals surface area (Å²) in [5.41, 5.74) is 21.4. The van der Waals surface area contributed by atoms with Crippen molar-refractivity contribution >= 4 is 59.0 Å². The molecule has 2 heterocycles. The van der Waals surface area contributed by atoms with Crippen LogP contribution in [0.25, 0.3) is 58.8 Å². The zero-order valence-corrected chi connectivity index (χ0v) is 40.3. The number of hydrogen-bond acceptors (Lipinski definition) is 3. The van der Waals surface area contributed by atoms with Crippen LogP contribution in [0.5, 0.6) is 0 Å². The van der Waals surface area contributed by atoms with Crippen molar-refractivity contribution in [1.82, 2.24) is 0 Å². The minimum atomic E-state index is 0.178. The fourth-order valence-corrected chi connectivity index (χ4v) is 9.30. The highest BCUT2D eigenvalue weighted by Crippen LogP contribution is 2.41. The molecule has 0 radical (unpaired) electrons. The Morgan fingerprint density at radius 3 is 2.00 bits per heavy atom. The highest BCUT2D eigenvalue weighted by atomic mass is 32.1. The van der Waals surface area contributed by atoms with E-state index in [1.54, 1.807) is 0 Å². The van der Waals surface area contributed by atoms with Crippen molar-refractivity contribution in [1.29, 1.82) is 0 Å². The zero-order chi connectivity index (χ0) is 45.3. The van der Waals surface area contributed by atoms with E-state index in [1.165, 1.54) is 99.4 Å². The predicted molar refractivity (Wildman–Crippen MR) is 282 cm³/mol. The lowest BCUT2D eigenvalue weighted by Gasteiger charge is -2.17. The van der Waals surface area contributed by atoms with Gasteiger partial charge in [-0.3, -0.25) is 0 Å². The predicted octanol–water partition coefficient (Wildman–Crippen LogP) is 18.3. The molecule has 2 nitrogen and oxygen atoms in total. The van der Waals surface area contributed by atoms with E-state index >= 15 is 0 Å². The lowest BCUT2D eigenvalue weighted by molar-refractivity contribution is 0.670. The van der Waals surface area contributed by atoms with Gasteiger partial charge < -0.3 is 10.2 Å². The molecule has 2 aromatic heterocycles. The molecule has 3 heteroatoms. The molecule has 0 saturated carbocycles. The maximum Gasteiger partial charge on any atom is 0.143 e. The number of benzene rings is 6. The number of hydrogen-bond donors (Lipinski definition) is 1. The molecular formula is C60H69NOS. The quantitative estimate of drug-likeness (QED) is 0.187. The van der Waals surface area contributed by atoms with Gasteiger partial charge in [-0.15, -0.1) is 11.3 Å². The standard InChI is InChI=1S/C26H18OS.C14H17N.C14H16.3C2H6/c1-15-7-9-23-20(11-15)22-13-16(2)12-19(26(22)27-23)17-8-10-25-21(14-17)18-5-3-4-6-24(18)28-25;15-14(13-9-5-2-6-10-13)11-12-7-3-1-4-8-12;1-11-7-3-5-9-13(11)14-10-6-4-8-12(14)2;3*1-2/h3-14H,1-2H3;1-5,7-9,14H,6,10-11,15H2;3-5,7-9H,6,10H2,1-2H3;3*1-2H3. The summed E-state index contributed by atoms with van der Waals surface area (Å²) < 4.78 is 9.00. The molecule has 0 bridgehead atoms. The summed E-state index contributed by atoms with van der Waals surface area (Å²) in [6.07, 6.45) is 16.5. The van der Waals surface area contributed by atoms with Crippen LogP contribution >= 0.6 is 11.3 Å². The fraction of sp³-hybridized carbons (Fsp3) is 0.267. The molecule has 0 aliphatic heterocycles.